The average molecular weight is 405 g/mol. The Hall–Kier alpha value is -0.933. The number of alkyl halides is 1. The molecule has 1 aromatic rings. The van der Waals surface area contributed by atoms with Gasteiger partial charge in [0, 0.05) is 18.2 Å². The van der Waals surface area contributed by atoms with Crippen LogP contribution in [0.2, 0.25) is 18.1 Å². The van der Waals surface area contributed by atoms with Crippen LogP contribution in [-0.4, -0.2) is 47.2 Å². The van der Waals surface area contributed by atoms with E-state index in [-0.39, 0.29) is 23.9 Å². The molecule has 0 saturated carbocycles. The van der Waals surface area contributed by atoms with Gasteiger partial charge in [0.1, 0.15) is 11.8 Å². The van der Waals surface area contributed by atoms with E-state index in [0.717, 1.165) is 0 Å². The summed E-state index contributed by atoms with van der Waals surface area (Å²) < 4.78 is 13.6. The molecule has 2 rings (SSSR count). The minimum Gasteiger partial charge on any atom is -0.414 e. The molecule has 2 heterocycles. The zero-order chi connectivity index (χ0) is 19.9. The highest BCUT2D eigenvalue weighted by molar-refractivity contribution is 6.74. The number of nitrogens with zero attached hydrogens (tertiary/aromatic N) is 1. The van der Waals surface area contributed by atoms with Crippen LogP contribution < -0.4 is 11.2 Å². The lowest BCUT2D eigenvalue weighted by Crippen LogP contribution is -2.51. The quantitative estimate of drug-likeness (QED) is 0.579. The number of rotatable bonds is 5. The molecule has 148 valence electrons. The van der Waals surface area contributed by atoms with Crippen molar-refractivity contribution in [3.05, 3.63) is 32.6 Å². The van der Waals surface area contributed by atoms with Crippen LogP contribution in [-0.2, 0) is 9.16 Å². The van der Waals surface area contributed by atoms with E-state index < -0.39 is 37.5 Å². The number of halogens is 1. The van der Waals surface area contributed by atoms with Gasteiger partial charge in [0.15, 0.2) is 8.32 Å². The fourth-order valence-corrected chi connectivity index (χ4v) is 3.94. The normalized spacial score (nSPS) is 27.1. The summed E-state index contributed by atoms with van der Waals surface area (Å²) in [5, 5.41) is 10.6. The molecule has 1 fully saturated rings. The van der Waals surface area contributed by atoms with Gasteiger partial charge in [-0.1, -0.05) is 20.8 Å². The first-order valence-electron chi connectivity index (χ1n) is 8.71. The summed E-state index contributed by atoms with van der Waals surface area (Å²) in [5.41, 5.74) is -1.71. The molecule has 0 aromatic carbocycles. The number of hydrogen-bond acceptors (Lipinski definition) is 5. The Kier molecular flexibility index (Phi) is 5.95. The van der Waals surface area contributed by atoms with Gasteiger partial charge in [-0.15, -0.1) is 11.6 Å². The summed E-state index contributed by atoms with van der Waals surface area (Å²) in [6.45, 7) is 12.4. The van der Waals surface area contributed by atoms with Gasteiger partial charge < -0.3 is 14.3 Å². The summed E-state index contributed by atoms with van der Waals surface area (Å²) in [7, 11) is -2.06. The SMILES string of the molecule is Cc1cn([C@H]2C[C@@H](O)[C@@](CCl)(CO[Si](C)(C)C(C)(C)C)O2)c(=O)[nH]c1=O. The van der Waals surface area contributed by atoms with Crippen LogP contribution in [0.4, 0.5) is 0 Å². The highest BCUT2D eigenvalue weighted by Crippen LogP contribution is 2.41. The molecule has 3 atom stereocenters. The number of aromatic nitrogens is 2. The number of ether oxygens (including phenoxy) is 1. The second-order valence-corrected chi connectivity index (χ2v) is 13.6. The Balaban J connectivity index is 2.26. The van der Waals surface area contributed by atoms with Crippen molar-refractivity contribution in [3.8, 4) is 0 Å². The molecule has 0 bridgehead atoms. The van der Waals surface area contributed by atoms with Gasteiger partial charge in [0.05, 0.1) is 18.6 Å². The molecule has 0 aliphatic carbocycles. The molecule has 0 spiro atoms. The molecule has 1 aliphatic heterocycles. The van der Waals surface area contributed by atoms with Crippen LogP contribution >= 0.6 is 11.6 Å². The Labute approximate surface area is 159 Å². The van der Waals surface area contributed by atoms with Crippen molar-refractivity contribution in [3.63, 3.8) is 0 Å². The smallest absolute Gasteiger partial charge is 0.330 e. The van der Waals surface area contributed by atoms with Crippen molar-refractivity contribution in [1.82, 2.24) is 9.55 Å². The fourth-order valence-electron chi connectivity index (χ4n) is 2.58. The number of H-pyrrole nitrogens is 1. The Bertz CT molecular complexity index is 770. The number of hydrogen-bond donors (Lipinski definition) is 2. The maximum Gasteiger partial charge on any atom is 0.330 e. The van der Waals surface area contributed by atoms with Crippen molar-refractivity contribution < 1.29 is 14.3 Å². The summed E-state index contributed by atoms with van der Waals surface area (Å²) in [6.07, 6.45) is 0.0417. The second kappa shape index (κ2) is 7.24. The Morgan fingerprint density at radius 1 is 1.46 bits per heavy atom. The van der Waals surface area contributed by atoms with E-state index in [4.69, 9.17) is 20.8 Å². The van der Waals surface area contributed by atoms with Crippen LogP contribution in [0.5, 0.6) is 0 Å². The van der Waals surface area contributed by atoms with Gasteiger partial charge >= 0.3 is 5.69 Å². The summed E-state index contributed by atoms with van der Waals surface area (Å²) in [6, 6.07) is 0. The number of aliphatic hydroxyl groups is 1. The van der Waals surface area contributed by atoms with Crippen LogP contribution in [0.25, 0.3) is 0 Å². The molecule has 0 amide bonds. The van der Waals surface area contributed by atoms with Crippen LogP contribution in [0.1, 0.15) is 39.0 Å². The molecular formula is C17H29ClN2O5Si. The molecule has 7 nitrogen and oxygen atoms in total. The van der Waals surface area contributed by atoms with Crippen molar-refractivity contribution in [2.45, 2.75) is 70.2 Å². The lowest BCUT2D eigenvalue weighted by molar-refractivity contribution is -0.111. The average Bonchev–Trinajstić information content (AvgIpc) is 2.85. The van der Waals surface area contributed by atoms with Crippen molar-refractivity contribution >= 4 is 19.9 Å². The van der Waals surface area contributed by atoms with E-state index in [1.165, 1.54) is 10.8 Å². The molecule has 1 aromatic heterocycles. The zero-order valence-electron chi connectivity index (χ0n) is 16.3. The lowest BCUT2D eigenvalue weighted by atomic mass is 10.0. The van der Waals surface area contributed by atoms with Crippen molar-refractivity contribution in [2.75, 3.05) is 12.5 Å². The zero-order valence-corrected chi connectivity index (χ0v) is 18.0. The first-order valence-corrected chi connectivity index (χ1v) is 12.2. The van der Waals surface area contributed by atoms with Crippen LogP contribution in [0, 0.1) is 6.92 Å². The van der Waals surface area contributed by atoms with Crippen LogP contribution in [0.15, 0.2) is 15.8 Å². The maximum absolute atomic E-state index is 12.1. The topological polar surface area (TPSA) is 93.6 Å². The van der Waals surface area contributed by atoms with E-state index in [1.807, 2.05) is 0 Å². The third-order valence-electron chi connectivity index (χ3n) is 5.57. The summed E-state index contributed by atoms with van der Waals surface area (Å²) in [5.74, 6) is 0.0381. The van der Waals surface area contributed by atoms with E-state index in [2.05, 4.69) is 38.8 Å². The van der Waals surface area contributed by atoms with Gasteiger partial charge in [-0.25, -0.2) is 4.79 Å². The van der Waals surface area contributed by atoms with Gasteiger partial charge in [-0.2, -0.15) is 0 Å². The molecule has 2 N–H and O–H groups in total. The third-order valence-corrected chi connectivity index (χ3v) is 10.5. The first-order chi connectivity index (χ1) is 11.8. The predicted octanol–water partition coefficient (Wildman–Crippen LogP) is 2.12. The molecular weight excluding hydrogens is 376 g/mol. The van der Waals surface area contributed by atoms with E-state index in [0.29, 0.717) is 5.56 Å². The molecule has 0 radical (unpaired) electrons. The summed E-state index contributed by atoms with van der Waals surface area (Å²) in [4.78, 5) is 25.9. The van der Waals surface area contributed by atoms with Gasteiger partial charge in [-0.3, -0.25) is 14.3 Å². The Morgan fingerprint density at radius 2 is 2.08 bits per heavy atom. The second-order valence-electron chi connectivity index (χ2n) is 8.55. The first kappa shape index (κ1) is 21.4. The number of nitrogens with one attached hydrogen (secondary N) is 1. The predicted molar refractivity (Wildman–Crippen MR) is 103 cm³/mol. The van der Waals surface area contributed by atoms with Gasteiger partial charge in [0.2, 0.25) is 0 Å². The van der Waals surface area contributed by atoms with Crippen LogP contribution in [0.3, 0.4) is 0 Å². The molecule has 26 heavy (non-hydrogen) atoms. The Morgan fingerprint density at radius 3 is 2.62 bits per heavy atom. The fraction of sp³-hybridized carbons (Fsp3) is 0.765. The summed E-state index contributed by atoms with van der Waals surface area (Å²) >= 11 is 6.16. The molecule has 1 saturated heterocycles. The highest BCUT2D eigenvalue weighted by atomic mass is 35.5. The molecule has 0 unspecified atom stereocenters. The van der Waals surface area contributed by atoms with E-state index >= 15 is 0 Å². The van der Waals surface area contributed by atoms with E-state index in [9.17, 15) is 14.7 Å². The van der Waals surface area contributed by atoms with Crippen molar-refractivity contribution in [2.24, 2.45) is 0 Å². The lowest BCUT2D eigenvalue weighted by Gasteiger charge is -2.40. The van der Waals surface area contributed by atoms with Gasteiger partial charge in [-0.05, 0) is 25.1 Å². The third kappa shape index (κ3) is 3.99. The number of aliphatic hydroxyl groups excluding tert-OH is 1. The molecule has 1 aliphatic rings. The minimum atomic E-state index is -2.06. The maximum atomic E-state index is 12.1. The van der Waals surface area contributed by atoms with Gasteiger partial charge in [0.25, 0.3) is 5.56 Å². The monoisotopic (exact) mass is 404 g/mol. The number of aromatic amines is 1. The van der Waals surface area contributed by atoms with E-state index in [1.54, 1.807) is 6.92 Å². The highest BCUT2D eigenvalue weighted by Gasteiger charge is 2.50. The minimum absolute atomic E-state index is 0.0103. The number of aryl methyl sites for hydroxylation is 1. The standard InChI is InChI=1S/C17H29ClN2O5Si/c1-11-8-20(15(23)19-14(11)22)13-7-12(21)17(9-18,25-13)10-24-26(5,6)16(2,3)4/h8,12-13,21H,7,9-10H2,1-6H3,(H,19,22,23)/t12-,13-,17-/m1/s1. The largest absolute Gasteiger partial charge is 0.414 e. The molecule has 9 heteroatoms. The van der Waals surface area contributed by atoms with Crippen molar-refractivity contribution in [1.29, 1.82) is 0 Å².